The van der Waals surface area contributed by atoms with E-state index in [9.17, 15) is 0 Å². The Morgan fingerprint density at radius 1 is 0.947 bits per heavy atom. The molecule has 0 amide bonds. The van der Waals surface area contributed by atoms with Crippen LogP contribution in [0.2, 0.25) is 0 Å². The number of benzene rings is 2. The zero-order chi connectivity index (χ0) is 13.1. The highest BCUT2D eigenvalue weighted by atomic mass is 16.5. The topological polar surface area (TPSA) is 9.23 Å². The Balaban J connectivity index is 1.68. The number of methoxy groups -OCH3 is 1. The molecule has 1 aliphatic carbocycles. The van der Waals surface area contributed by atoms with Crippen molar-refractivity contribution in [3.63, 3.8) is 0 Å². The van der Waals surface area contributed by atoms with Gasteiger partial charge >= 0.3 is 0 Å². The summed E-state index contributed by atoms with van der Waals surface area (Å²) >= 11 is 0. The lowest BCUT2D eigenvalue weighted by molar-refractivity contribution is 0.415. The Morgan fingerprint density at radius 2 is 1.58 bits per heavy atom. The molecule has 0 radical (unpaired) electrons. The molecule has 0 aromatic heterocycles. The minimum atomic E-state index is 0.638. The van der Waals surface area contributed by atoms with Crippen LogP contribution in [0.4, 0.5) is 0 Å². The summed E-state index contributed by atoms with van der Waals surface area (Å²) < 4.78 is 5.17. The maximum absolute atomic E-state index is 5.17. The highest BCUT2D eigenvalue weighted by Gasteiger charge is 2.17. The van der Waals surface area contributed by atoms with E-state index in [4.69, 9.17) is 4.74 Å². The third kappa shape index (κ3) is 2.70. The second-order valence-corrected chi connectivity index (χ2v) is 5.07. The van der Waals surface area contributed by atoms with Crippen molar-refractivity contribution in [1.82, 2.24) is 0 Å². The summed E-state index contributed by atoms with van der Waals surface area (Å²) in [7, 11) is 1.70. The van der Waals surface area contributed by atoms with Crippen molar-refractivity contribution in [3.05, 3.63) is 71.3 Å². The maximum Gasteiger partial charge on any atom is 0.118 e. The van der Waals surface area contributed by atoms with E-state index in [1.807, 2.05) is 12.1 Å². The fourth-order valence-corrected chi connectivity index (χ4v) is 2.69. The van der Waals surface area contributed by atoms with Crippen molar-refractivity contribution < 1.29 is 4.74 Å². The molecule has 0 fully saturated rings. The standard InChI is InChI=1S/C18H18O/c1-19-18-10-8-14(9-11-18)6-7-15-12-16-4-2-3-5-17(16)13-15/h2-11,15H,12-13H2,1H3/b7-6+. The fraction of sp³-hybridized carbons (Fsp3) is 0.222. The van der Waals surface area contributed by atoms with Crippen molar-refractivity contribution in [2.24, 2.45) is 5.92 Å². The molecule has 1 nitrogen and oxygen atoms in total. The molecule has 0 atom stereocenters. The van der Waals surface area contributed by atoms with E-state index in [-0.39, 0.29) is 0 Å². The Bertz CT molecular complexity index is 556. The van der Waals surface area contributed by atoms with E-state index in [0.717, 1.165) is 5.75 Å². The van der Waals surface area contributed by atoms with Gasteiger partial charge in [-0.1, -0.05) is 48.6 Å². The van der Waals surface area contributed by atoms with E-state index in [1.165, 1.54) is 29.5 Å². The minimum absolute atomic E-state index is 0.638. The minimum Gasteiger partial charge on any atom is -0.497 e. The van der Waals surface area contributed by atoms with Crippen molar-refractivity contribution in [2.45, 2.75) is 12.8 Å². The first kappa shape index (κ1) is 12.0. The molecule has 0 spiro atoms. The Hall–Kier alpha value is -2.02. The molecule has 0 saturated heterocycles. The molecule has 0 bridgehead atoms. The summed E-state index contributed by atoms with van der Waals surface area (Å²) in [6.45, 7) is 0. The number of rotatable bonds is 3. The van der Waals surface area contributed by atoms with Gasteiger partial charge in [-0.3, -0.25) is 0 Å². The Kier molecular flexibility index (Phi) is 3.37. The summed E-state index contributed by atoms with van der Waals surface area (Å²) in [4.78, 5) is 0. The Morgan fingerprint density at radius 3 is 2.16 bits per heavy atom. The monoisotopic (exact) mass is 250 g/mol. The first-order valence-corrected chi connectivity index (χ1v) is 6.74. The number of fused-ring (bicyclic) bond motifs is 1. The summed E-state index contributed by atoms with van der Waals surface area (Å²) in [6, 6.07) is 17.0. The van der Waals surface area contributed by atoms with Gasteiger partial charge < -0.3 is 4.74 Å². The highest BCUT2D eigenvalue weighted by molar-refractivity contribution is 5.51. The normalized spacial score (nSPS) is 14.8. The molecular weight excluding hydrogens is 232 g/mol. The lowest BCUT2D eigenvalue weighted by Gasteiger charge is -2.02. The van der Waals surface area contributed by atoms with E-state index >= 15 is 0 Å². The van der Waals surface area contributed by atoms with Gasteiger partial charge in [-0.2, -0.15) is 0 Å². The van der Waals surface area contributed by atoms with Crippen molar-refractivity contribution >= 4 is 6.08 Å². The predicted octanol–water partition coefficient (Wildman–Crippen LogP) is 4.12. The molecule has 0 heterocycles. The molecule has 0 unspecified atom stereocenters. The Labute approximate surface area is 114 Å². The zero-order valence-electron chi connectivity index (χ0n) is 11.2. The van der Waals surface area contributed by atoms with E-state index in [1.54, 1.807) is 7.11 Å². The van der Waals surface area contributed by atoms with Crippen LogP contribution < -0.4 is 4.74 Å². The fourth-order valence-electron chi connectivity index (χ4n) is 2.69. The third-order valence-corrected chi connectivity index (χ3v) is 3.76. The largest absolute Gasteiger partial charge is 0.497 e. The average molecular weight is 250 g/mol. The molecule has 19 heavy (non-hydrogen) atoms. The van der Waals surface area contributed by atoms with E-state index in [0.29, 0.717) is 5.92 Å². The summed E-state index contributed by atoms with van der Waals surface area (Å²) in [6.07, 6.45) is 6.89. The second-order valence-electron chi connectivity index (χ2n) is 5.07. The number of hydrogen-bond acceptors (Lipinski definition) is 1. The van der Waals surface area contributed by atoms with Gasteiger partial charge in [0.15, 0.2) is 0 Å². The van der Waals surface area contributed by atoms with Gasteiger partial charge in [0, 0.05) is 0 Å². The van der Waals surface area contributed by atoms with Crippen LogP contribution in [-0.2, 0) is 12.8 Å². The molecular formula is C18H18O. The van der Waals surface area contributed by atoms with Gasteiger partial charge in [0.1, 0.15) is 5.75 Å². The van der Waals surface area contributed by atoms with Crippen LogP contribution in [0, 0.1) is 5.92 Å². The number of allylic oxidation sites excluding steroid dienone is 1. The van der Waals surface area contributed by atoms with Crippen LogP contribution in [0.5, 0.6) is 5.75 Å². The molecule has 0 saturated carbocycles. The molecule has 3 rings (SSSR count). The first-order valence-electron chi connectivity index (χ1n) is 6.74. The van der Waals surface area contributed by atoms with Gasteiger partial charge in [0.25, 0.3) is 0 Å². The molecule has 0 aliphatic heterocycles. The summed E-state index contributed by atoms with van der Waals surface area (Å²) in [5.41, 5.74) is 4.25. The lowest BCUT2D eigenvalue weighted by atomic mass is 10.0. The smallest absolute Gasteiger partial charge is 0.118 e. The van der Waals surface area contributed by atoms with Crippen LogP contribution in [0.15, 0.2) is 54.6 Å². The van der Waals surface area contributed by atoms with Crippen LogP contribution in [0.1, 0.15) is 16.7 Å². The van der Waals surface area contributed by atoms with E-state index < -0.39 is 0 Å². The number of ether oxygens (including phenoxy) is 1. The van der Waals surface area contributed by atoms with Gasteiger partial charge in [0.05, 0.1) is 7.11 Å². The third-order valence-electron chi connectivity index (χ3n) is 3.76. The predicted molar refractivity (Wildman–Crippen MR) is 79.4 cm³/mol. The molecule has 1 heteroatoms. The zero-order valence-corrected chi connectivity index (χ0v) is 11.2. The number of hydrogen-bond donors (Lipinski definition) is 0. The molecule has 2 aromatic rings. The average Bonchev–Trinajstić information content (AvgIpc) is 2.88. The molecule has 0 N–H and O–H groups in total. The highest BCUT2D eigenvalue weighted by Crippen LogP contribution is 2.27. The van der Waals surface area contributed by atoms with Gasteiger partial charge in [0.2, 0.25) is 0 Å². The van der Waals surface area contributed by atoms with Gasteiger partial charge in [-0.15, -0.1) is 0 Å². The molecule has 2 aromatic carbocycles. The van der Waals surface area contributed by atoms with Crippen LogP contribution in [0.25, 0.3) is 6.08 Å². The van der Waals surface area contributed by atoms with E-state index in [2.05, 4.69) is 48.6 Å². The summed E-state index contributed by atoms with van der Waals surface area (Å²) in [5, 5.41) is 0. The van der Waals surface area contributed by atoms with Gasteiger partial charge in [-0.25, -0.2) is 0 Å². The maximum atomic E-state index is 5.17. The van der Waals surface area contributed by atoms with Crippen LogP contribution in [0.3, 0.4) is 0 Å². The molecule has 1 aliphatic rings. The summed E-state index contributed by atoms with van der Waals surface area (Å²) in [5.74, 6) is 1.55. The van der Waals surface area contributed by atoms with Crippen molar-refractivity contribution in [2.75, 3.05) is 7.11 Å². The second kappa shape index (κ2) is 5.31. The van der Waals surface area contributed by atoms with Crippen LogP contribution >= 0.6 is 0 Å². The van der Waals surface area contributed by atoms with Crippen molar-refractivity contribution in [3.8, 4) is 5.75 Å². The first-order chi connectivity index (χ1) is 9.35. The van der Waals surface area contributed by atoms with Crippen LogP contribution in [-0.4, -0.2) is 7.11 Å². The van der Waals surface area contributed by atoms with Crippen molar-refractivity contribution in [1.29, 1.82) is 0 Å². The quantitative estimate of drug-likeness (QED) is 0.796. The SMILES string of the molecule is COc1ccc(/C=C/C2Cc3ccccc3C2)cc1. The molecule has 96 valence electrons. The van der Waals surface area contributed by atoms with Gasteiger partial charge in [-0.05, 0) is 47.6 Å². The lowest BCUT2D eigenvalue weighted by Crippen LogP contribution is -1.93.